The number of alkyl halides is 2. The lowest BCUT2D eigenvalue weighted by molar-refractivity contribution is -0.0361. The van der Waals surface area contributed by atoms with Gasteiger partial charge in [0.1, 0.15) is 10.7 Å². The Morgan fingerprint density at radius 3 is 2.70 bits per heavy atom. The number of imidazole rings is 1. The van der Waals surface area contributed by atoms with Gasteiger partial charge in [-0.05, 0) is 12.8 Å². The first-order valence-electron chi connectivity index (χ1n) is 7.77. The van der Waals surface area contributed by atoms with Gasteiger partial charge in [0.15, 0.2) is 5.82 Å². The molecule has 0 amide bonds. The van der Waals surface area contributed by atoms with Gasteiger partial charge in [0.05, 0.1) is 31.1 Å². The molecule has 23 heavy (non-hydrogen) atoms. The minimum Gasteiger partial charge on any atom is -0.377 e. The van der Waals surface area contributed by atoms with Crippen molar-refractivity contribution in [1.29, 1.82) is 0 Å². The highest BCUT2D eigenvalue weighted by molar-refractivity contribution is 6.30. The summed E-state index contributed by atoms with van der Waals surface area (Å²) >= 11 is 6.14. The molecule has 0 aromatic carbocycles. The highest BCUT2D eigenvalue weighted by Crippen LogP contribution is 2.35. The highest BCUT2D eigenvalue weighted by atomic mass is 35.5. The van der Waals surface area contributed by atoms with Crippen LogP contribution in [-0.2, 0) is 4.74 Å². The van der Waals surface area contributed by atoms with Crippen molar-refractivity contribution >= 4 is 28.5 Å². The first-order valence-corrected chi connectivity index (χ1v) is 8.15. The van der Waals surface area contributed by atoms with Crippen LogP contribution in [0.5, 0.6) is 0 Å². The van der Waals surface area contributed by atoms with E-state index in [0.29, 0.717) is 37.0 Å². The second-order valence-corrected chi connectivity index (χ2v) is 6.67. The van der Waals surface area contributed by atoms with Crippen molar-refractivity contribution in [2.24, 2.45) is 0 Å². The lowest BCUT2D eigenvalue weighted by atomic mass is 9.92. The quantitative estimate of drug-likeness (QED) is 0.865. The van der Waals surface area contributed by atoms with Gasteiger partial charge in [-0.25, -0.2) is 18.7 Å². The normalized spacial score (nSPS) is 22.2. The molecule has 0 unspecified atom stereocenters. The molecule has 1 N–H and O–H groups in total. The summed E-state index contributed by atoms with van der Waals surface area (Å²) in [7, 11) is 0. The van der Waals surface area contributed by atoms with E-state index in [9.17, 15) is 8.78 Å². The number of ether oxygens (including phenoxy) is 1. The molecular formula is C15H17ClF2N4O. The maximum absolute atomic E-state index is 13.3. The van der Waals surface area contributed by atoms with Crippen LogP contribution in [0.2, 0.25) is 5.15 Å². The van der Waals surface area contributed by atoms with Gasteiger partial charge in [-0.1, -0.05) is 11.6 Å². The maximum atomic E-state index is 13.3. The molecule has 1 aliphatic heterocycles. The average molecular weight is 343 g/mol. The van der Waals surface area contributed by atoms with Crippen LogP contribution < -0.4 is 5.32 Å². The summed E-state index contributed by atoms with van der Waals surface area (Å²) in [5.74, 6) is -1.97. The summed E-state index contributed by atoms with van der Waals surface area (Å²) in [6.45, 7) is 1.32. The predicted molar refractivity (Wildman–Crippen MR) is 83.2 cm³/mol. The Balaban J connectivity index is 1.61. The first kappa shape index (κ1) is 15.1. The van der Waals surface area contributed by atoms with E-state index in [0.717, 1.165) is 11.0 Å². The van der Waals surface area contributed by atoms with E-state index in [-0.39, 0.29) is 24.9 Å². The summed E-state index contributed by atoms with van der Waals surface area (Å²) in [5, 5.41) is 3.62. The van der Waals surface area contributed by atoms with Gasteiger partial charge >= 0.3 is 0 Å². The minimum atomic E-state index is -2.54. The predicted octanol–water partition coefficient (Wildman–Crippen LogP) is 3.65. The van der Waals surface area contributed by atoms with Crippen LogP contribution in [0.25, 0.3) is 11.0 Å². The number of nitrogens with zero attached hydrogens (tertiary/aromatic N) is 3. The summed E-state index contributed by atoms with van der Waals surface area (Å²) in [6, 6.07) is 2.02. The number of anilines is 1. The molecule has 2 aromatic rings. The number of fused-ring (bicyclic) bond motifs is 1. The summed E-state index contributed by atoms with van der Waals surface area (Å²) in [4.78, 5) is 8.74. The highest BCUT2D eigenvalue weighted by Gasteiger charge is 2.35. The number of pyridine rings is 1. The lowest BCUT2D eigenvalue weighted by Gasteiger charge is -2.29. The van der Waals surface area contributed by atoms with Gasteiger partial charge in [0.2, 0.25) is 5.92 Å². The van der Waals surface area contributed by atoms with Crippen molar-refractivity contribution < 1.29 is 13.5 Å². The second-order valence-electron chi connectivity index (χ2n) is 6.28. The largest absolute Gasteiger partial charge is 0.377 e. The van der Waals surface area contributed by atoms with E-state index in [2.05, 4.69) is 15.3 Å². The Morgan fingerprint density at radius 2 is 2.04 bits per heavy atom. The fourth-order valence-electron chi connectivity index (χ4n) is 3.15. The van der Waals surface area contributed by atoms with Crippen molar-refractivity contribution in [3.63, 3.8) is 0 Å². The number of rotatable bonds is 3. The monoisotopic (exact) mass is 342 g/mol. The molecule has 0 spiro atoms. The fraction of sp³-hybridized carbons (Fsp3) is 0.600. The van der Waals surface area contributed by atoms with Crippen molar-refractivity contribution in [2.45, 2.75) is 43.7 Å². The lowest BCUT2D eigenvalue weighted by Crippen LogP contribution is -2.32. The molecule has 2 aromatic heterocycles. The van der Waals surface area contributed by atoms with Gasteiger partial charge in [0, 0.05) is 24.9 Å². The molecule has 2 fully saturated rings. The average Bonchev–Trinajstić information content (AvgIpc) is 2.83. The number of halogens is 3. The zero-order chi connectivity index (χ0) is 16.0. The Bertz CT molecular complexity index is 722. The van der Waals surface area contributed by atoms with Crippen LogP contribution in [0.1, 0.15) is 31.7 Å². The van der Waals surface area contributed by atoms with E-state index in [1.165, 1.54) is 0 Å². The molecule has 0 atom stereocenters. The smallest absolute Gasteiger partial charge is 0.248 e. The molecule has 1 saturated heterocycles. The SMILES string of the molecule is FC1(F)CCC(Nc2nc(Cl)cc3c2ncn3C2COC2)CC1. The Labute approximate surface area is 137 Å². The zero-order valence-corrected chi connectivity index (χ0v) is 13.2. The van der Waals surface area contributed by atoms with Gasteiger partial charge in [-0.3, -0.25) is 0 Å². The van der Waals surface area contributed by atoms with Crippen molar-refractivity contribution in [3.8, 4) is 0 Å². The molecule has 5 nitrogen and oxygen atoms in total. The van der Waals surface area contributed by atoms with Crippen LogP contribution >= 0.6 is 11.6 Å². The Morgan fingerprint density at radius 1 is 1.30 bits per heavy atom. The third-order valence-corrected chi connectivity index (χ3v) is 4.80. The van der Waals surface area contributed by atoms with Crippen LogP contribution in [0.15, 0.2) is 12.4 Å². The van der Waals surface area contributed by atoms with Gasteiger partial charge < -0.3 is 14.6 Å². The van der Waals surface area contributed by atoms with Crippen LogP contribution in [0.4, 0.5) is 14.6 Å². The molecule has 0 radical (unpaired) electrons. The Kier molecular flexibility index (Phi) is 3.65. The van der Waals surface area contributed by atoms with Gasteiger partial charge in [0.25, 0.3) is 0 Å². The third-order valence-electron chi connectivity index (χ3n) is 4.60. The van der Waals surface area contributed by atoms with E-state index >= 15 is 0 Å². The van der Waals surface area contributed by atoms with Crippen molar-refractivity contribution in [1.82, 2.24) is 14.5 Å². The van der Waals surface area contributed by atoms with E-state index < -0.39 is 5.92 Å². The molecule has 124 valence electrons. The summed E-state index contributed by atoms with van der Waals surface area (Å²) in [5.41, 5.74) is 1.61. The van der Waals surface area contributed by atoms with Crippen LogP contribution in [0, 0.1) is 0 Å². The number of aromatic nitrogens is 3. The molecule has 8 heteroatoms. The van der Waals surface area contributed by atoms with E-state index in [4.69, 9.17) is 16.3 Å². The van der Waals surface area contributed by atoms with Crippen LogP contribution in [-0.4, -0.2) is 39.7 Å². The van der Waals surface area contributed by atoms with Crippen molar-refractivity contribution in [3.05, 3.63) is 17.5 Å². The van der Waals surface area contributed by atoms with E-state index in [1.807, 2.05) is 4.57 Å². The first-order chi connectivity index (χ1) is 11.0. The van der Waals surface area contributed by atoms with Crippen LogP contribution in [0.3, 0.4) is 0 Å². The summed E-state index contributed by atoms with van der Waals surface area (Å²) in [6.07, 6.45) is 2.40. The van der Waals surface area contributed by atoms with Gasteiger partial charge in [-0.2, -0.15) is 0 Å². The van der Waals surface area contributed by atoms with E-state index in [1.54, 1.807) is 12.4 Å². The number of hydrogen-bond donors (Lipinski definition) is 1. The number of hydrogen-bond acceptors (Lipinski definition) is 4. The molecule has 3 heterocycles. The number of nitrogens with one attached hydrogen (secondary N) is 1. The van der Waals surface area contributed by atoms with Crippen molar-refractivity contribution in [2.75, 3.05) is 18.5 Å². The minimum absolute atomic E-state index is 0.0269. The standard InChI is InChI=1S/C15H17ClF2N4O/c16-12-5-11-13(19-8-22(11)10-6-23-7-10)14(21-12)20-9-1-3-15(17,18)4-2-9/h5,8-10H,1-4,6-7H2,(H,20,21). The molecule has 1 saturated carbocycles. The second kappa shape index (κ2) is 5.56. The fourth-order valence-corrected chi connectivity index (χ4v) is 3.34. The molecule has 0 bridgehead atoms. The zero-order valence-electron chi connectivity index (χ0n) is 12.4. The topological polar surface area (TPSA) is 52.0 Å². The maximum Gasteiger partial charge on any atom is 0.248 e. The molecule has 4 rings (SSSR count). The summed E-state index contributed by atoms with van der Waals surface area (Å²) < 4.78 is 33.8. The molecule has 1 aliphatic carbocycles. The molecule has 2 aliphatic rings. The molecular weight excluding hydrogens is 326 g/mol. The third kappa shape index (κ3) is 2.87. The van der Waals surface area contributed by atoms with Gasteiger partial charge in [-0.15, -0.1) is 0 Å². The Hall–Kier alpha value is -1.47.